The lowest BCUT2D eigenvalue weighted by Crippen LogP contribution is -2.37. The number of benzene rings is 2. The largest absolute Gasteiger partial charge is 0.274 e. The summed E-state index contributed by atoms with van der Waals surface area (Å²) in [5.74, 6) is 0. The van der Waals surface area contributed by atoms with Crippen LogP contribution in [0, 0.1) is 0 Å². The Kier molecular flexibility index (Phi) is 5.97. The second-order valence-corrected chi connectivity index (χ2v) is 8.45. The Morgan fingerprint density at radius 1 is 0.792 bits per heavy atom. The highest BCUT2D eigenvalue weighted by Gasteiger charge is 2.13. The Morgan fingerprint density at radius 2 is 1.25 bits per heavy atom. The molecule has 0 fully saturated rings. The zero-order chi connectivity index (χ0) is 17.8. The van der Waals surface area contributed by atoms with Crippen molar-refractivity contribution in [3.8, 4) is 11.1 Å². The Bertz CT molecular complexity index is 896. The molecule has 130 valence electrons. The first-order chi connectivity index (χ1) is 11.2. The van der Waals surface area contributed by atoms with Crippen LogP contribution < -0.4 is 14.6 Å². The molecule has 4 N–H and O–H groups in total. The molecule has 0 saturated carbocycles. The lowest BCUT2D eigenvalue weighted by Gasteiger charge is -2.08. The monoisotopic (exact) mass is 389 g/mol. The molecule has 0 radical (unpaired) electrons. The maximum absolute atomic E-state index is 12.1. The summed E-state index contributed by atoms with van der Waals surface area (Å²) >= 11 is 5.83. The minimum absolute atomic E-state index is 0.0795. The second kappa shape index (κ2) is 7.60. The van der Waals surface area contributed by atoms with E-state index in [2.05, 4.69) is 4.72 Å². The fourth-order valence-electron chi connectivity index (χ4n) is 1.93. The fourth-order valence-corrected chi connectivity index (χ4v) is 3.48. The normalized spacial score (nSPS) is 12.2. The van der Waals surface area contributed by atoms with Crippen molar-refractivity contribution in [1.82, 2.24) is 9.44 Å². The summed E-state index contributed by atoms with van der Waals surface area (Å²) in [6.07, 6.45) is 0. The van der Waals surface area contributed by atoms with Crippen LogP contribution in [-0.4, -0.2) is 29.9 Å². The van der Waals surface area contributed by atoms with Crippen molar-refractivity contribution in [1.29, 1.82) is 0 Å². The molecule has 0 aromatic heterocycles. The first kappa shape index (κ1) is 18.8. The van der Waals surface area contributed by atoms with E-state index >= 15 is 0 Å². The number of nitrogens with two attached hydrogens (primary N) is 1. The van der Waals surface area contributed by atoms with Gasteiger partial charge in [-0.2, -0.15) is 8.42 Å². The van der Waals surface area contributed by atoms with E-state index in [1.54, 1.807) is 24.3 Å². The van der Waals surface area contributed by atoms with Crippen LogP contribution in [0.5, 0.6) is 0 Å². The molecule has 2 aromatic rings. The average molecular weight is 390 g/mol. The van der Waals surface area contributed by atoms with Gasteiger partial charge in [-0.05, 0) is 35.4 Å². The summed E-state index contributed by atoms with van der Waals surface area (Å²) in [5.41, 5.74) is 1.76. The molecule has 0 aliphatic rings. The van der Waals surface area contributed by atoms with Crippen molar-refractivity contribution in [2.24, 2.45) is 5.14 Å². The van der Waals surface area contributed by atoms with Crippen molar-refractivity contribution < 1.29 is 16.8 Å². The predicted octanol–water partition coefficient (Wildman–Crippen LogP) is 1.08. The molecule has 10 heteroatoms. The molecule has 24 heavy (non-hydrogen) atoms. The van der Waals surface area contributed by atoms with Gasteiger partial charge in [0.1, 0.15) is 0 Å². The standard InChI is InChI=1S/C14H16ClN3O4S2/c15-13-5-1-11(2-6-13)12-3-7-14(8-4-12)23(19,20)17-9-10-18-24(16,21)22/h1-8,17-18H,9-10H2,(H2,16,21,22). The van der Waals surface area contributed by atoms with Gasteiger partial charge in [0.15, 0.2) is 0 Å². The van der Waals surface area contributed by atoms with Crippen LogP contribution >= 0.6 is 11.6 Å². The lowest BCUT2D eigenvalue weighted by molar-refractivity contribution is 0.571. The number of halogens is 1. The summed E-state index contributed by atoms with van der Waals surface area (Å²) in [6.45, 7) is -0.251. The molecule has 0 saturated heterocycles. The summed E-state index contributed by atoms with van der Waals surface area (Å²) in [6, 6.07) is 13.5. The highest BCUT2D eigenvalue weighted by Crippen LogP contribution is 2.22. The van der Waals surface area contributed by atoms with E-state index in [4.69, 9.17) is 16.7 Å². The molecule has 0 heterocycles. The number of nitrogens with one attached hydrogen (secondary N) is 2. The number of hydrogen-bond donors (Lipinski definition) is 3. The van der Waals surface area contributed by atoms with Crippen LogP contribution in [0.2, 0.25) is 5.02 Å². The van der Waals surface area contributed by atoms with Gasteiger partial charge < -0.3 is 0 Å². The highest BCUT2D eigenvalue weighted by molar-refractivity contribution is 7.89. The van der Waals surface area contributed by atoms with E-state index in [9.17, 15) is 16.8 Å². The smallest absolute Gasteiger partial charge is 0.216 e. The Morgan fingerprint density at radius 3 is 1.75 bits per heavy atom. The van der Waals surface area contributed by atoms with Crippen LogP contribution in [0.25, 0.3) is 11.1 Å². The molecule has 2 rings (SSSR count). The zero-order valence-corrected chi connectivity index (χ0v) is 14.8. The maximum Gasteiger partial charge on any atom is 0.274 e. The summed E-state index contributed by atoms with van der Waals surface area (Å²) in [5, 5.41) is 5.37. The third-order valence-corrected chi connectivity index (χ3v) is 5.40. The first-order valence-electron chi connectivity index (χ1n) is 6.80. The van der Waals surface area contributed by atoms with Gasteiger partial charge in [-0.25, -0.2) is 23.0 Å². The van der Waals surface area contributed by atoms with Gasteiger partial charge in [0, 0.05) is 18.1 Å². The molecule has 0 amide bonds. The molecule has 0 aliphatic heterocycles. The minimum atomic E-state index is -3.84. The van der Waals surface area contributed by atoms with E-state index in [1.165, 1.54) is 12.1 Å². The van der Waals surface area contributed by atoms with Crippen molar-refractivity contribution in [3.63, 3.8) is 0 Å². The molecule has 0 spiro atoms. The lowest BCUT2D eigenvalue weighted by atomic mass is 10.1. The molecule has 0 bridgehead atoms. The van der Waals surface area contributed by atoms with Crippen LogP contribution in [0.4, 0.5) is 0 Å². The Balaban J connectivity index is 2.04. The molecule has 0 atom stereocenters. The van der Waals surface area contributed by atoms with Gasteiger partial charge >= 0.3 is 0 Å². The summed E-state index contributed by atoms with van der Waals surface area (Å²) in [4.78, 5) is 0.0795. The van der Waals surface area contributed by atoms with Crippen molar-refractivity contribution >= 4 is 31.8 Å². The van der Waals surface area contributed by atoms with Gasteiger partial charge in [0.05, 0.1) is 4.90 Å². The van der Waals surface area contributed by atoms with Gasteiger partial charge in [-0.15, -0.1) is 0 Å². The fraction of sp³-hybridized carbons (Fsp3) is 0.143. The minimum Gasteiger partial charge on any atom is -0.216 e. The SMILES string of the molecule is NS(=O)(=O)NCCNS(=O)(=O)c1ccc(-c2ccc(Cl)cc2)cc1. The molecule has 0 unspecified atom stereocenters. The quantitative estimate of drug-likeness (QED) is 0.614. The van der Waals surface area contributed by atoms with Crippen molar-refractivity contribution in [2.45, 2.75) is 4.90 Å². The molecular formula is C14H16ClN3O4S2. The summed E-state index contributed by atoms with van der Waals surface area (Å²) < 4.78 is 49.9. The Labute approximate surface area is 146 Å². The van der Waals surface area contributed by atoms with E-state index in [0.717, 1.165) is 11.1 Å². The van der Waals surface area contributed by atoms with Crippen molar-refractivity contribution in [3.05, 3.63) is 53.6 Å². The predicted molar refractivity (Wildman–Crippen MR) is 93.2 cm³/mol. The first-order valence-corrected chi connectivity index (χ1v) is 10.2. The number of rotatable bonds is 7. The second-order valence-electron chi connectivity index (χ2n) is 4.87. The molecule has 7 nitrogen and oxygen atoms in total. The van der Waals surface area contributed by atoms with Gasteiger partial charge in [0.25, 0.3) is 10.2 Å². The number of hydrogen-bond acceptors (Lipinski definition) is 4. The topological polar surface area (TPSA) is 118 Å². The van der Waals surface area contributed by atoms with Crippen LogP contribution in [0.15, 0.2) is 53.4 Å². The third-order valence-electron chi connectivity index (χ3n) is 3.06. The number of sulfonamides is 1. The zero-order valence-electron chi connectivity index (χ0n) is 12.4. The van der Waals surface area contributed by atoms with E-state index in [1.807, 2.05) is 16.9 Å². The van der Waals surface area contributed by atoms with Crippen molar-refractivity contribution in [2.75, 3.05) is 13.1 Å². The van der Waals surface area contributed by atoms with Crippen LogP contribution in [0.1, 0.15) is 0 Å². The third kappa shape index (κ3) is 5.55. The van der Waals surface area contributed by atoms with Gasteiger partial charge in [-0.3, -0.25) is 0 Å². The van der Waals surface area contributed by atoms with Crippen LogP contribution in [-0.2, 0) is 20.2 Å². The van der Waals surface area contributed by atoms with E-state index in [-0.39, 0.29) is 18.0 Å². The van der Waals surface area contributed by atoms with Crippen LogP contribution in [0.3, 0.4) is 0 Å². The molecule has 0 aliphatic carbocycles. The van der Waals surface area contributed by atoms with Gasteiger partial charge in [0.2, 0.25) is 10.0 Å². The van der Waals surface area contributed by atoms with E-state index < -0.39 is 20.2 Å². The maximum atomic E-state index is 12.1. The average Bonchev–Trinajstić information content (AvgIpc) is 2.52. The highest BCUT2D eigenvalue weighted by atomic mass is 35.5. The van der Waals surface area contributed by atoms with Gasteiger partial charge in [-0.1, -0.05) is 35.9 Å². The van der Waals surface area contributed by atoms with E-state index in [0.29, 0.717) is 5.02 Å². The molecular weight excluding hydrogens is 374 g/mol. The molecule has 2 aromatic carbocycles. The Hall–Kier alpha value is -1.49. The summed E-state index contributed by atoms with van der Waals surface area (Å²) in [7, 11) is -7.57.